The third-order valence-electron chi connectivity index (χ3n) is 2.87. The van der Waals surface area contributed by atoms with Gasteiger partial charge in [-0.1, -0.05) is 31.2 Å². The molecule has 0 aliphatic rings. The zero-order chi connectivity index (χ0) is 12.5. The van der Waals surface area contributed by atoms with Crippen LogP contribution in [0.2, 0.25) is 0 Å². The third-order valence-corrected chi connectivity index (χ3v) is 2.87. The SMILES string of the molecule is C=CCCCC(NCC)c1ccccc1OC. The summed E-state index contributed by atoms with van der Waals surface area (Å²) in [7, 11) is 1.73. The number of benzene rings is 1. The van der Waals surface area contributed by atoms with Crippen molar-refractivity contribution in [2.45, 2.75) is 32.2 Å². The van der Waals surface area contributed by atoms with Gasteiger partial charge in [-0.05, 0) is 31.9 Å². The van der Waals surface area contributed by atoms with E-state index in [0.29, 0.717) is 6.04 Å². The van der Waals surface area contributed by atoms with Crippen LogP contribution in [0, 0.1) is 0 Å². The number of para-hydroxylation sites is 1. The van der Waals surface area contributed by atoms with Gasteiger partial charge in [0.2, 0.25) is 0 Å². The number of unbranched alkanes of at least 4 members (excludes halogenated alkanes) is 1. The first-order valence-corrected chi connectivity index (χ1v) is 6.30. The van der Waals surface area contributed by atoms with Crippen LogP contribution in [0.15, 0.2) is 36.9 Å². The minimum absolute atomic E-state index is 0.371. The lowest BCUT2D eigenvalue weighted by atomic mass is 10.00. The molecule has 0 bridgehead atoms. The van der Waals surface area contributed by atoms with Crippen LogP contribution in [0.25, 0.3) is 0 Å². The van der Waals surface area contributed by atoms with Crippen molar-refractivity contribution in [2.24, 2.45) is 0 Å². The van der Waals surface area contributed by atoms with Crippen molar-refractivity contribution in [3.05, 3.63) is 42.5 Å². The average Bonchev–Trinajstić information content (AvgIpc) is 2.38. The summed E-state index contributed by atoms with van der Waals surface area (Å²) in [5, 5.41) is 3.52. The number of allylic oxidation sites excluding steroid dienone is 1. The van der Waals surface area contributed by atoms with E-state index in [0.717, 1.165) is 31.6 Å². The highest BCUT2D eigenvalue weighted by Gasteiger charge is 2.13. The van der Waals surface area contributed by atoms with Crippen molar-refractivity contribution in [1.82, 2.24) is 5.32 Å². The first kappa shape index (κ1) is 13.8. The Bertz CT molecular complexity index is 335. The van der Waals surface area contributed by atoms with Gasteiger partial charge in [0, 0.05) is 11.6 Å². The summed E-state index contributed by atoms with van der Waals surface area (Å²) in [5.41, 5.74) is 1.25. The van der Waals surface area contributed by atoms with E-state index >= 15 is 0 Å². The van der Waals surface area contributed by atoms with Gasteiger partial charge < -0.3 is 10.1 Å². The van der Waals surface area contributed by atoms with Crippen LogP contribution in [0.4, 0.5) is 0 Å². The molecule has 1 aromatic carbocycles. The molecule has 0 fully saturated rings. The number of hydrogen-bond acceptors (Lipinski definition) is 2. The Kier molecular flexibility index (Phi) is 6.41. The van der Waals surface area contributed by atoms with Gasteiger partial charge in [-0.3, -0.25) is 0 Å². The molecule has 0 spiro atoms. The fraction of sp³-hybridized carbons (Fsp3) is 0.467. The van der Waals surface area contributed by atoms with Gasteiger partial charge >= 0.3 is 0 Å². The molecule has 2 nitrogen and oxygen atoms in total. The molecule has 1 N–H and O–H groups in total. The number of hydrogen-bond donors (Lipinski definition) is 1. The van der Waals surface area contributed by atoms with Crippen LogP contribution in [0.1, 0.15) is 37.8 Å². The van der Waals surface area contributed by atoms with E-state index in [-0.39, 0.29) is 0 Å². The Labute approximate surface area is 105 Å². The van der Waals surface area contributed by atoms with Crippen LogP contribution < -0.4 is 10.1 Å². The Hall–Kier alpha value is -1.28. The molecule has 1 unspecified atom stereocenters. The normalized spacial score (nSPS) is 12.1. The largest absolute Gasteiger partial charge is 0.496 e. The zero-order valence-corrected chi connectivity index (χ0v) is 10.9. The lowest BCUT2D eigenvalue weighted by Gasteiger charge is -2.20. The first-order valence-electron chi connectivity index (χ1n) is 6.30. The molecule has 1 aromatic rings. The molecule has 0 aromatic heterocycles. The third kappa shape index (κ3) is 4.23. The maximum absolute atomic E-state index is 5.42. The van der Waals surface area contributed by atoms with Crippen molar-refractivity contribution in [2.75, 3.05) is 13.7 Å². The Morgan fingerprint density at radius 2 is 2.18 bits per heavy atom. The van der Waals surface area contributed by atoms with E-state index in [1.807, 2.05) is 18.2 Å². The topological polar surface area (TPSA) is 21.3 Å². The smallest absolute Gasteiger partial charge is 0.123 e. The summed E-state index contributed by atoms with van der Waals surface area (Å²) < 4.78 is 5.42. The minimum Gasteiger partial charge on any atom is -0.496 e. The number of methoxy groups -OCH3 is 1. The summed E-state index contributed by atoms with van der Waals surface area (Å²) >= 11 is 0. The Morgan fingerprint density at radius 1 is 1.41 bits per heavy atom. The van der Waals surface area contributed by atoms with E-state index in [2.05, 4.69) is 31.0 Å². The van der Waals surface area contributed by atoms with Gasteiger partial charge in [-0.15, -0.1) is 6.58 Å². The molecule has 0 radical (unpaired) electrons. The summed E-state index contributed by atoms with van der Waals surface area (Å²) in [5.74, 6) is 0.969. The van der Waals surface area contributed by atoms with Gasteiger partial charge in [0.05, 0.1) is 7.11 Å². The second-order valence-electron chi connectivity index (χ2n) is 4.07. The monoisotopic (exact) mass is 233 g/mol. The van der Waals surface area contributed by atoms with Crippen molar-refractivity contribution in [3.8, 4) is 5.75 Å². The lowest BCUT2D eigenvalue weighted by Crippen LogP contribution is -2.21. The van der Waals surface area contributed by atoms with Crippen LogP contribution in [-0.4, -0.2) is 13.7 Å². The Balaban J connectivity index is 2.76. The molecule has 17 heavy (non-hydrogen) atoms. The summed E-state index contributed by atoms with van der Waals surface area (Å²) in [4.78, 5) is 0. The maximum Gasteiger partial charge on any atom is 0.123 e. The number of rotatable bonds is 8. The molecule has 0 heterocycles. The van der Waals surface area contributed by atoms with Crippen molar-refractivity contribution >= 4 is 0 Å². The van der Waals surface area contributed by atoms with Crippen molar-refractivity contribution in [1.29, 1.82) is 0 Å². The molecule has 0 aliphatic heterocycles. The molecule has 0 aliphatic carbocycles. The predicted octanol–water partition coefficient (Wildman–Crippen LogP) is 3.70. The van der Waals surface area contributed by atoms with E-state index in [9.17, 15) is 0 Å². The molecule has 94 valence electrons. The molecule has 0 saturated carbocycles. The standard InChI is InChI=1S/C15H23NO/c1-4-6-7-11-14(16-5-2)13-10-8-9-12-15(13)17-3/h4,8-10,12,14,16H,1,5-7,11H2,2-3H3. The van der Waals surface area contributed by atoms with Crippen LogP contribution in [0.5, 0.6) is 5.75 Å². The first-order chi connectivity index (χ1) is 8.33. The van der Waals surface area contributed by atoms with Crippen LogP contribution >= 0.6 is 0 Å². The van der Waals surface area contributed by atoms with Gasteiger partial charge in [-0.2, -0.15) is 0 Å². The second-order valence-corrected chi connectivity index (χ2v) is 4.07. The van der Waals surface area contributed by atoms with Crippen molar-refractivity contribution in [3.63, 3.8) is 0 Å². The number of ether oxygens (including phenoxy) is 1. The lowest BCUT2D eigenvalue weighted by molar-refractivity contribution is 0.394. The minimum atomic E-state index is 0.371. The van der Waals surface area contributed by atoms with Crippen molar-refractivity contribution < 1.29 is 4.74 Å². The van der Waals surface area contributed by atoms with E-state index in [1.54, 1.807) is 7.11 Å². The fourth-order valence-corrected chi connectivity index (χ4v) is 2.03. The summed E-state index contributed by atoms with van der Waals surface area (Å²) in [6.45, 7) is 6.87. The van der Waals surface area contributed by atoms with Gasteiger partial charge in [0.15, 0.2) is 0 Å². The van der Waals surface area contributed by atoms with E-state index < -0.39 is 0 Å². The molecule has 0 amide bonds. The van der Waals surface area contributed by atoms with Gasteiger partial charge in [0.1, 0.15) is 5.75 Å². The van der Waals surface area contributed by atoms with Gasteiger partial charge in [0.25, 0.3) is 0 Å². The molecule has 1 rings (SSSR count). The van der Waals surface area contributed by atoms with E-state index in [4.69, 9.17) is 4.74 Å². The Morgan fingerprint density at radius 3 is 2.82 bits per heavy atom. The maximum atomic E-state index is 5.42. The molecule has 2 heteroatoms. The summed E-state index contributed by atoms with van der Waals surface area (Å²) in [6.07, 6.45) is 5.31. The highest BCUT2D eigenvalue weighted by atomic mass is 16.5. The van der Waals surface area contributed by atoms with E-state index in [1.165, 1.54) is 5.56 Å². The molecule has 0 saturated heterocycles. The summed E-state index contributed by atoms with van der Waals surface area (Å²) in [6, 6.07) is 8.61. The van der Waals surface area contributed by atoms with Gasteiger partial charge in [-0.25, -0.2) is 0 Å². The molecule has 1 atom stereocenters. The molecular formula is C15H23NO. The highest BCUT2D eigenvalue weighted by molar-refractivity contribution is 5.35. The average molecular weight is 233 g/mol. The zero-order valence-electron chi connectivity index (χ0n) is 10.9. The quantitative estimate of drug-likeness (QED) is 0.546. The fourth-order valence-electron chi connectivity index (χ4n) is 2.03. The second kappa shape index (κ2) is 7.91. The number of nitrogens with one attached hydrogen (secondary N) is 1. The predicted molar refractivity (Wildman–Crippen MR) is 73.5 cm³/mol. The van der Waals surface area contributed by atoms with Crippen LogP contribution in [-0.2, 0) is 0 Å². The van der Waals surface area contributed by atoms with Crippen LogP contribution in [0.3, 0.4) is 0 Å². The highest BCUT2D eigenvalue weighted by Crippen LogP contribution is 2.28. The molecular weight excluding hydrogens is 210 g/mol.